The Labute approximate surface area is 122 Å². The highest BCUT2D eigenvalue weighted by Gasteiger charge is 2.01. The lowest BCUT2D eigenvalue weighted by Crippen LogP contribution is -2.09. The van der Waals surface area contributed by atoms with Crippen LogP contribution in [0, 0.1) is 0 Å². The smallest absolute Gasteiger partial charge is 0.244 e. The van der Waals surface area contributed by atoms with Crippen LogP contribution in [-0.4, -0.2) is 35.4 Å². The molecule has 0 fully saturated rings. The van der Waals surface area contributed by atoms with E-state index >= 15 is 0 Å². The number of aromatic nitrogens is 3. The van der Waals surface area contributed by atoms with E-state index in [0.29, 0.717) is 23.4 Å². The van der Waals surface area contributed by atoms with Crippen LogP contribution in [0.15, 0.2) is 30.5 Å². The number of methoxy groups -OCH3 is 1. The predicted octanol–water partition coefficient (Wildman–Crippen LogP) is 2.72. The summed E-state index contributed by atoms with van der Waals surface area (Å²) in [5.41, 5.74) is 0.850. The first kappa shape index (κ1) is 14.5. The number of benzene rings is 1. The third-order valence-corrected chi connectivity index (χ3v) is 2.70. The van der Waals surface area contributed by atoms with E-state index in [0.717, 1.165) is 18.7 Å². The predicted molar refractivity (Wildman–Crippen MR) is 79.5 cm³/mol. The second-order valence-electron chi connectivity index (χ2n) is 4.07. The van der Waals surface area contributed by atoms with Gasteiger partial charge in [0, 0.05) is 31.0 Å². The fraction of sp³-hybridized carbons (Fsp3) is 0.308. The molecule has 2 N–H and O–H groups in total. The SMILES string of the molecule is COCCCNc1nncc(Nc2cccc(Cl)c2)n1. The Bertz CT molecular complexity index is 552. The van der Waals surface area contributed by atoms with Crippen molar-refractivity contribution in [3.63, 3.8) is 0 Å². The van der Waals surface area contributed by atoms with Crippen LogP contribution >= 0.6 is 11.6 Å². The van der Waals surface area contributed by atoms with E-state index in [1.165, 1.54) is 0 Å². The van der Waals surface area contributed by atoms with E-state index in [1.807, 2.05) is 24.3 Å². The van der Waals surface area contributed by atoms with Crippen LogP contribution in [0.3, 0.4) is 0 Å². The molecule has 0 saturated carbocycles. The molecule has 0 atom stereocenters. The molecule has 0 unspecified atom stereocenters. The maximum absolute atomic E-state index is 5.93. The molecule has 0 radical (unpaired) electrons. The first-order valence-electron chi connectivity index (χ1n) is 6.23. The highest BCUT2D eigenvalue weighted by Crippen LogP contribution is 2.18. The van der Waals surface area contributed by atoms with Gasteiger partial charge in [0.2, 0.25) is 5.95 Å². The van der Waals surface area contributed by atoms with Crippen molar-refractivity contribution in [2.45, 2.75) is 6.42 Å². The number of nitrogens with one attached hydrogen (secondary N) is 2. The minimum Gasteiger partial charge on any atom is -0.385 e. The highest BCUT2D eigenvalue weighted by atomic mass is 35.5. The Morgan fingerprint density at radius 1 is 1.35 bits per heavy atom. The molecule has 0 spiro atoms. The molecule has 1 aromatic carbocycles. The van der Waals surface area contributed by atoms with Crippen LogP contribution < -0.4 is 10.6 Å². The fourth-order valence-corrected chi connectivity index (χ4v) is 1.76. The van der Waals surface area contributed by atoms with E-state index in [2.05, 4.69) is 25.8 Å². The van der Waals surface area contributed by atoms with E-state index in [9.17, 15) is 0 Å². The van der Waals surface area contributed by atoms with Crippen molar-refractivity contribution in [3.05, 3.63) is 35.5 Å². The van der Waals surface area contributed by atoms with Crippen LogP contribution in [0.1, 0.15) is 6.42 Å². The van der Waals surface area contributed by atoms with Gasteiger partial charge in [-0.25, -0.2) is 0 Å². The van der Waals surface area contributed by atoms with E-state index in [-0.39, 0.29) is 0 Å². The molecule has 0 amide bonds. The first-order valence-corrected chi connectivity index (χ1v) is 6.61. The largest absolute Gasteiger partial charge is 0.385 e. The fourth-order valence-electron chi connectivity index (χ4n) is 1.57. The van der Waals surface area contributed by atoms with Crippen molar-refractivity contribution in [1.82, 2.24) is 15.2 Å². The lowest BCUT2D eigenvalue weighted by molar-refractivity contribution is 0.197. The summed E-state index contributed by atoms with van der Waals surface area (Å²) in [5.74, 6) is 1.09. The molecule has 0 bridgehead atoms. The van der Waals surface area contributed by atoms with Gasteiger partial charge in [0.05, 0.1) is 6.20 Å². The Balaban J connectivity index is 1.95. The van der Waals surface area contributed by atoms with E-state index < -0.39 is 0 Å². The normalized spacial score (nSPS) is 10.3. The van der Waals surface area contributed by atoms with Crippen molar-refractivity contribution in [2.24, 2.45) is 0 Å². The number of rotatable bonds is 7. The summed E-state index contributed by atoms with van der Waals surface area (Å²) < 4.78 is 4.97. The number of hydrogen-bond donors (Lipinski definition) is 2. The minimum absolute atomic E-state index is 0.480. The molecule has 1 aromatic heterocycles. The molecule has 7 heteroatoms. The van der Waals surface area contributed by atoms with Crippen LogP contribution in [0.25, 0.3) is 0 Å². The maximum Gasteiger partial charge on any atom is 0.244 e. The summed E-state index contributed by atoms with van der Waals surface area (Å²) in [4.78, 5) is 4.32. The van der Waals surface area contributed by atoms with Crippen molar-refractivity contribution in [2.75, 3.05) is 30.9 Å². The second-order valence-corrected chi connectivity index (χ2v) is 4.51. The average Bonchev–Trinajstić information content (AvgIpc) is 2.44. The molecular formula is C13H16ClN5O. The Hall–Kier alpha value is -1.92. The number of anilines is 3. The van der Waals surface area contributed by atoms with Gasteiger partial charge in [0.15, 0.2) is 5.82 Å². The van der Waals surface area contributed by atoms with Gasteiger partial charge in [-0.3, -0.25) is 0 Å². The summed E-state index contributed by atoms with van der Waals surface area (Å²) >= 11 is 5.93. The van der Waals surface area contributed by atoms with Gasteiger partial charge in [-0.05, 0) is 24.6 Å². The van der Waals surface area contributed by atoms with Crippen LogP contribution in [0.4, 0.5) is 17.5 Å². The van der Waals surface area contributed by atoms with E-state index in [1.54, 1.807) is 13.3 Å². The lowest BCUT2D eigenvalue weighted by Gasteiger charge is -2.07. The molecule has 0 aliphatic rings. The summed E-state index contributed by atoms with van der Waals surface area (Å²) in [6, 6.07) is 7.39. The maximum atomic E-state index is 5.93. The van der Waals surface area contributed by atoms with Gasteiger partial charge in [0.25, 0.3) is 0 Å². The minimum atomic E-state index is 0.480. The first-order chi connectivity index (χ1) is 9.78. The monoisotopic (exact) mass is 293 g/mol. The highest BCUT2D eigenvalue weighted by molar-refractivity contribution is 6.30. The zero-order chi connectivity index (χ0) is 14.2. The quantitative estimate of drug-likeness (QED) is 0.765. The second kappa shape index (κ2) is 7.62. The van der Waals surface area contributed by atoms with Gasteiger partial charge in [0.1, 0.15) is 0 Å². The van der Waals surface area contributed by atoms with E-state index in [4.69, 9.17) is 16.3 Å². The molecule has 106 valence electrons. The van der Waals surface area contributed by atoms with Crippen LogP contribution in [0.5, 0.6) is 0 Å². The molecule has 2 rings (SSSR count). The molecule has 0 aliphatic heterocycles. The molecule has 1 heterocycles. The van der Waals surface area contributed by atoms with Gasteiger partial charge in [-0.15, -0.1) is 5.10 Å². The van der Waals surface area contributed by atoms with Crippen molar-refractivity contribution < 1.29 is 4.74 Å². The van der Waals surface area contributed by atoms with Crippen LogP contribution in [-0.2, 0) is 4.74 Å². The van der Waals surface area contributed by atoms with Gasteiger partial charge in [-0.2, -0.15) is 10.1 Å². The lowest BCUT2D eigenvalue weighted by atomic mass is 10.3. The molecule has 20 heavy (non-hydrogen) atoms. The third kappa shape index (κ3) is 4.64. The third-order valence-electron chi connectivity index (χ3n) is 2.46. The number of hydrogen-bond acceptors (Lipinski definition) is 6. The zero-order valence-electron chi connectivity index (χ0n) is 11.1. The molecule has 0 saturated heterocycles. The topological polar surface area (TPSA) is 72.0 Å². The summed E-state index contributed by atoms with van der Waals surface area (Å²) in [6.45, 7) is 1.43. The standard InChI is InChI=1S/C13H16ClN5O/c1-20-7-3-6-15-13-18-12(9-16-19-13)17-11-5-2-4-10(14)8-11/h2,4-5,8-9H,3,6-7H2,1H3,(H2,15,17,18,19). The summed E-state index contributed by atoms with van der Waals surface area (Å²) in [6.07, 6.45) is 2.44. The molecule has 0 aliphatic carbocycles. The Morgan fingerprint density at radius 3 is 3.05 bits per heavy atom. The number of ether oxygens (including phenoxy) is 1. The average molecular weight is 294 g/mol. The zero-order valence-corrected chi connectivity index (χ0v) is 11.9. The van der Waals surface area contributed by atoms with Crippen molar-refractivity contribution >= 4 is 29.1 Å². The van der Waals surface area contributed by atoms with Crippen LogP contribution in [0.2, 0.25) is 5.02 Å². The molecule has 6 nitrogen and oxygen atoms in total. The van der Waals surface area contributed by atoms with Crippen molar-refractivity contribution in [1.29, 1.82) is 0 Å². The Kier molecular flexibility index (Phi) is 5.52. The van der Waals surface area contributed by atoms with Gasteiger partial charge in [-0.1, -0.05) is 17.7 Å². The summed E-state index contributed by atoms with van der Waals surface area (Å²) in [5, 5.41) is 14.7. The molecule has 2 aromatic rings. The number of halogens is 1. The molecular weight excluding hydrogens is 278 g/mol. The Morgan fingerprint density at radius 2 is 2.25 bits per heavy atom. The van der Waals surface area contributed by atoms with Gasteiger partial charge >= 0.3 is 0 Å². The summed E-state index contributed by atoms with van der Waals surface area (Å²) in [7, 11) is 1.67. The van der Waals surface area contributed by atoms with Crippen molar-refractivity contribution in [3.8, 4) is 0 Å². The number of nitrogens with zero attached hydrogens (tertiary/aromatic N) is 3. The van der Waals surface area contributed by atoms with Gasteiger partial charge < -0.3 is 15.4 Å².